The van der Waals surface area contributed by atoms with Gasteiger partial charge in [0.1, 0.15) is 6.33 Å². The van der Waals surface area contributed by atoms with Crippen molar-refractivity contribution in [3.05, 3.63) is 30.1 Å². The van der Waals surface area contributed by atoms with Crippen molar-refractivity contribution in [1.29, 1.82) is 0 Å². The second kappa shape index (κ2) is 8.92. The molecule has 1 aromatic heterocycles. The maximum absolute atomic E-state index is 11.8. The first-order valence-corrected chi connectivity index (χ1v) is 7.90. The molecule has 9 heteroatoms. The van der Waals surface area contributed by atoms with Gasteiger partial charge in [-0.05, 0) is 18.2 Å². The molecule has 0 radical (unpaired) electrons. The number of hydrogen-bond donors (Lipinski definition) is 2. The van der Waals surface area contributed by atoms with Crippen LogP contribution >= 0.6 is 11.8 Å². The van der Waals surface area contributed by atoms with Gasteiger partial charge in [-0.15, -0.1) is 10.2 Å². The molecule has 0 aliphatic heterocycles. The normalized spacial score (nSPS) is 9.83. The predicted octanol–water partition coefficient (Wildman–Crippen LogP) is 1.30. The van der Waals surface area contributed by atoms with E-state index in [0.717, 1.165) is 0 Å². The number of benzene rings is 1. The van der Waals surface area contributed by atoms with Crippen molar-refractivity contribution in [1.82, 2.24) is 19.7 Å². The van der Waals surface area contributed by atoms with E-state index in [1.165, 1.54) is 41.8 Å². The van der Waals surface area contributed by atoms with Gasteiger partial charge in [-0.1, -0.05) is 11.8 Å². The van der Waals surface area contributed by atoms with Crippen molar-refractivity contribution in [2.45, 2.75) is 12.1 Å². The summed E-state index contributed by atoms with van der Waals surface area (Å²) in [4.78, 5) is 23.4. The molecule has 0 aliphatic rings. The summed E-state index contributed by atoms with van der Waals surface area (Å²) in [5, 5.41) is 26.7. The maximum atomic E-state index is 11.8. The van der Waals surface area contributed by atoms with E-state index in [4.69, 9.17) is 5.11 Å². The van der Waals surface area contributed by atoms with E-state index in [1.54, 1.807) is 32.0 Å². The van der Waals surface area contributed by atoms with Crippen LogP contribution in [0.15, 0.2) is 29.7 Å². The van der Waals surface area contributed by atoms with Crippen molar-refractivity contribution >= 4 is 23.5 Å². The molecule has 0 spiro atoms. The number of carbonyl (C=O) groups is 2. The summed E-state index contributed by atoms with van der Waals surface area (Å²) in [6.07, 6.45) is 1.55. The Morgan fingerprint density at radius 2 is 1.88 bits per heavy atom. The minimum atomic E-state index is -0.301. The molecule has 0 atom stereocenters. The van der Waals surface area contributed by atoms with Crippen LogP contribution in [0.5, 0.6) is 11.5 Å². The number of carbonyl (C=O) groups excluding carboxylic acids is 2. The van der Waals surface area contributed by atoms with E-state index in [1.807, 2.05) is 0 Å². The van der Waals surface area contributed by atoms with Crippen LogP contribution in [0.2, 0.25) is 0 Å². The first kappa shape index (κ1) is 19.5. The van der Waals surface area contributed by atoms with Gasteiger partial charge in [-0.3, -0.25) is 9.59 Å². The molecule has 0 aliphatic carbocycles. The fourth-order valence-corrected chi connectivity index (χ4v) is 2.10. The zero-order chi connectivity index (χ0) is 18.3. The van der Waals surface area contributed by atoms with Crippen molar-refractivity contribution in [2.75, 3.05) is 19.8 Å². The van der Waals surface area contributed by atoms with Gasteiger partial charge >= 0.3 is 0 Å². The SMILES string of the molecule is CC(=O)N(C)C.Cn1cnnc1SCC(=O)c1ccc(O)c(O)c1. The number of nitrogens with zero attached hydrogens (tertiary/aromatic N) is 4. The molecular weight excluding hydrogens is 332 g/mol. The van der Waals surface area contributed by atoms with Crippen LogP contribution in [0, 0.1) is 0 Å². The minimum Gasteiger partial charge on any atom is -0.504 e. The second-order valence-corrected chi connectivity index (χ2v) is 6.00. The molecule has 24 heavy (non-hydrogen) atoms. The van der Waals surface area contributed by atoms with E-state index in [9.17, 15) is 14.7 Å². The average molecular weight is 352 g/mol. The number of rotatable bonds is 4. The van der Waals surface area contributed by atoms with Gasteiger partial charge in [0.25, 0.3) is 0 Å². The summed E-state index contributed by atoms with van der Waals surface area (Å²) in [7, 11) is 5.24. The quantitative estimate of drug-likeness (QED) is 0.485. The van der Waals surface area contributed by atoms with Gasteiger partial charge in [0.15, 0.2) is 22.4 Å². The topological polar surface area (TPSA) is 109 Å². The molecule has 0 fully saturated rings. The standard InChI is InChI=1S/C11H11N3O3S.C4H9NO/c1-14-6-12-13-11(14)18-5-10(17)7-2-3-8(15)9(16)4-7;1-4(6)5(2)3/h2-4,6,15-16H,5H2,1H3;1-3H3. The third kappa shape index (κ3) is 5.92. The summed E-state index contributed by atoms with van der Waals surface area (Å²) in [5.41, 5.74) is 0.347. The average Bonchev–Trinajstić information content (AvgIpc) is 2.93. The lowest BCUT2D eigenvalue weighted by atomic mass is 10.1. The highest BCUT2D eigenvalue weighted by atomic mass is 32.2. The molecule has 0 saturated heterocycles. The van der Waals surface area contributed by atoms with E-state index in [-0.39, 0.29) is 28.9 Å². The zero-order valence-electron chi connectivity index (χ0n) is 13.9. The van der Waals surface area contributed by atoms with Gasteiger partial charge in [-0.25, -0.2) is 0 Å². The number of aromatic nitrogens is 3. The second-order valence-electron chi connectivity index (χ2n) is 5.05. The lowest BCUT2D eigenvalue weighted by Crippen LogP contribution is -2.17. The first-order valence-electron chi connectivity index (χ1n) is 6.92. The molecule has 1 aromatic carbocycles. The Morgan fingerprint density at radius 1 is 1.25 bits per heavy atom. The molecule has 2 aromatic rings. The summed E-state index contributed by atoms with van der Waals surface area (Å²) in [6.45, 7) is 1.53. The number of hydrogen-bond acceptors (Lipinski definition) is 7. The first-order chi connectivity index (χ1) is 11.2. The van der Waals surface area contributed by atoms with Crippen molar-refractivity contribution in [2.24, 2.45) is 7.05 Å². The number of ketones is 1. The Kier molecular flexibility index (Phi) is 7.25. The Labute approximate surface area is 144 Å². The molecule has 1 amide bonds. The van der Waals surface area contributed by atoms with Crippen LogP contribution in [0.4, 0.5) is 0 Å². The molecule has 1 heterocycles. The smallest absolute Gasteiger partial charge is 0.218 e. The van der Waals surface area contributed by atoms with Gasteiger partial charge in [0.2, 0.25) is 5.91 Å². The molecule has 2 N–H and O–H groups in total. The maximum Gasteiger partial charge on any atom is 0.218 e. The molecule has 2 rings (SSSR count). The van der Waals surface area contributed by atoms with Gasteiger partial charge < -0.3 is 19.7 Å². The summed E-state index contributed by atoms with van der Waals surface area (Å²) < 4.78 is 1.71. The van der Waals surface area contributed by atoms with Crippen molar-refractivity contribution in [3.63, 3.8) is 0 Å². The molecular formula is C15H20N4O4S. The molecule has 0 bridgehead atoms. The van der Waals surface area contributed by atoms with Crippen LogP contribution in [-0.4, -0.2) is 61.4 Å². The summed E-state index contributed by atoms with van der Waals surface area (Å²) in [6, 6.07) is 4.00. The Bertz CT molecular complexity index is 715. The number of amides is 1. The molecule has 0 unspecified atom stereocenters. The van der Waals surface area contributed by atoms with Crippen LogP contribution in [0.25, 0.3) is 0 Å². The highest BCUT2D eigenvalue weighted by molar-refractivity contribution is 7.99. The number of thioether (sulfide) groups is 1. The van der Waals surface area contributed by atoms with E-state index < -0.39 is 0 Å². The van der Waals surface area contributed by atoms with Gasteiger partial charge in [0.05, 0.1) is 5.75 Å². The minimum absolute atomic E-state index is 0.0926. The number of phenolic OH excluding ortho intramolecular Hbond substituents is 2. The van der Waals surface area contributed by atoms with Gasteiger partial charge in [-0.2, -0.15) is 0 Å². The summed E-state index contributed by atoms with van der Waals surface area (Å²) >= 11 is 1.26. The van der Waals surface area contributed by atoms with E-state index >= 15 is 0 Å². The van der Waals surface area contributed by atoms with Crippen LogP contribution in [0.3, 0.4) is 0 Å². The Hall–Kier alpha value is -2.55. The zero-order valence-corrected chi connectivity index (χ0v) is 14.7. The van der Waals surface area contributed by atoms with Crippen LogP contribution < -0.4 is 0 Å². The highest BCUT2D eigenvalue weighted by Gasteiger charge is 2.11. The number of aryl methyl sites for hydroxylation is 1. The number of phenols is 2. The Balaban J connectivity index is 0.000000413. The largest absolute Gasteiger partial charge is 0.504 e. The fraction of sp³-hybridized carbons (Fsp3) is 0.333. The van der Waals surface area contributed by atoms with E-state index in [2.05, 4.69) is 10.2 Å². The van der Waals surface area contributed by atoms with Crippen LogP contribution in [-0.2, 0) is 11.8 Å². The Morgan fingerprint density at radius 3 is 2.33 bits per heavy atom. The molecule has 8 nitrogen and oxygen atoms in total. The number of Topliss-reactive ketones (excluding diaryl/α,β-unsaturated/α-hetero) is 1. The molecule has 0 saturated carbocycles. The molecule has 130 valence electrons. The fourth-order valence-electron chi connectivity index (χ4n) is 1.31. The lowest BCUT2D eigenvalue weighted by molar-refractivity contribution is -0.126. The van der Waals surface area contributed by atoms with Crippen molar-refractivity contribution < 1.29 is 19.8 Å². The number of aromatic hydroxyl groups is 2. The lowest BCUT2D eigenvalue weighted by Gasteiger charge is -2.03. The summed E-state index contributed by atoms with van der Waals surface area (Å²) in [5.74, 6) is -0.415. The monoisotopic (exact) mass is 352 g/mol. The predicted molar refractivity (Wildman–Crippen MR) is 90.2 cm³/mol. The third-order valence-electron chi connectivity index (χ3n) is 2.93. The van der Waals surface area contributed by atoms with Crippen molar-refractivity contribution in [3.8, 4) is 11.5 Å². The van der Waals surface area contributed by atoms with Gasteiger partial charge in [0, 0.05) is 33.6 Å². The highest BCUT2D eigenvalue weighted by Crippen LogP contribution is 2.26. The van der Waals surface area contributed by atoms with Crippen LogP contribution in [0.1, 0.15) is 17.3 Å². The third-order valence-corrected chi connectivity index (χ3v) is 3.96. The van der Waals surface area contributed by atoms with E-state index in [0.29, 0.717) is 10.7 Å².